The number of benzene rings is 1. The summed E-state index contributed by atoms with van der Waals surface area (Å²) >= 11 is 1.88. The van der Waals surface area contributed by atoms with Crippen LogP contribution in [0.5, 0.6) is 0 Å². The molecule has 2 N–H and O–H groups in total. The van der Waals surface area contributed by atoms with E-state index in [0.29, 0.717) is 5.92 Å². The molecule has 0 saturated carbocycles. The van der Waals surface area contributed by atoms with Crippen LogP contribution >= 0.6 is 11.3 Å². The lowest BCUT2D eigenvalue weighted by Crippen LogP contribution is -2.03. The van der Waals surface area contributed by atoms with Gasteiger partial charge in [-0.3, -0.25) is 0 Å². The molecule has 0 aliphatic heterocycles. The fraction of sp³-hybridized carbons (Fsp3) is 0.286. The third-order valence-electron chi connectivity index (χ3n) is 2.77. The Morgan fingerprint density at radius 2 is 1.88 bits per heavy atom. The fourth-order valence-corrected chi connectivity index (χ4v) is 2.87. The Kier molecular flexibility index (Phi) is 3.75. The summed E-state index contributed by atoms with van der Waals surface area (Å²) in [6, 6.07) is 15.0. The largest absolute Gasteiger partial charge is 0.330 e. The first-order chi connectivity index (χ1) is 7.81. The van der Waals surface area contributed by atoms with E-state index >= 15 is 0 Å². The van der Waals surface area contributed by atoms with E-state index in [1.54, 1.807) is 0 Å². The standard InChI is InChI=1S/C14H17NS/c1-11(9-10-15)13-7-8-14(16-13)12-5-3-2-4-6-12/h2-8,11H,9-10,15H2,1H3. The zero-order valence-corrected chi connectivity index (χ0v) is 10.3. The van der Waals surface area contributed by atoms with E-state index in [0.717, 1.165) is 13.0 Å². The van der Waals surface area contributed by atoms with Gasteiger partial charge in [0.2, 0.25) is 0 Å². The Labute approximate surface area is 101 Å². The van der Waals surface area contributed by atoms with Crippen LogP contribution < -0.4 is 5.73 Å². The molecule has 2 heteroatoms. The summed E-state index contributed by atoms with van der Waals surface area (Å²) < 4.78 is 0. The van der Waals surface area contributed by atoms with Crippen molar-refractivity contribution < 1.29 is 0 Å². The van der Waals surface area contributed by atoms with Crippen molar-refractivity contribution in [3.63, 3.8) is 0 Å². The first-order valence-corrected chi connectivity index (χ1v) is 6.48. The van der Waals surface area contributed by atoms with Crippen molar-refractivity contribution in [2.24, 2.45) is 5.73 Å². The van der Waals surface area contributed by atoms with Gasteiger partial charge >= 0.3 is 0 Å². The van der Waals surface area contributed by atoms with Crippen LogP contribution in [0.4, 0.5) is 0 Å². The summed E-state index contributed by atoms with van der Waals surface area (Å²) in [6.45, 7) is 3.01. The van der Waals surface area contributed by atoms with Crippen LogP contribution in [-0.2, 0) is 0 Å². The van der Waals surface area contributed by atoms with Gasteiger partial charge in [0, 0.05) is 9.75 Å². The molecule has 0 fully saturated rings. The summed E-state index contributed by atoms with van der Waals surface area (Å²) in [5.41, 5.74) is 6.89. The second kappa shape index (κ2) is 5.28. The Morgan fingerprint density at radius 1 is 1.12 bits per heavy atom. The van der Waals surface area contributed by atoms with Crippen LogP contribution in [0.15, 0.2) is 42.5 Å². The molecule has 0 saturated heterocycles. The zero-order valence-electron chi connectivity index (χ0n) is 9.52. The Balaban J connectivity index is 2.20. The average Bonchev–Trinajstić information content (AvgIpc) is 2.80. The van der Waals surface area contributed by atoms with Gasteiger partial charge < -0.3 is 5.73 Å². The maximum absolute atomic E-state index is 5.59. The summed E-state index contributed by atoms with van der Waals surface area (Å²) in [6.07, 6.45) is 1.06. The molecule has 1 atom stereocenters. The topological polar surface area (TPSA) is 26.0 Å². The Bertz CT molecular complexity index is 433. The van der Waals surface area contributed by atoms with Gasteiger partial charge in [-0.05, 0) is 36.6 Å². The molecule has 1 nitrogen and oxygen atoms in total. The molecule has 1 unspecified atom stereocenters. The molecule has 0 radical (unpaired) electrons. The highest BCUT2D eigenvalue weighted by Gasteiger charge is 2.08. The molecule has 1 aromatic carbocycles. The van der Waals surface area contributed by atoms with Gasteiger partial charge in [0.05, 0.1) is 0 Å². The van der Waals surface area contributed by atoms with Crippen LogP contribution in [0.2, 0.25) is 0 Å². The van der Waals surface area contributed by atoms with Crippen molar-refractivity contribution in [3.8, 4) is 10.4 Å². The van der Waals surface area contributed by atoms with E-state index in [9.17, 15) is 0 Å². The van der Waals surface area contributed by atoms with E-state index < -0.39 is 0 Å². The van der Waals surface area contributed by atoms with Gasteiger partial charge in [-0.15, -0.1) is 11.3 Å². The number of hydrogen-bond donors (Lipinski definition) is 1. The SMILES string of the molecule is CC(CCN)c1ccc(-c2ccccc2)s1. The first kappa shape index (κ1) is 11.4. The van der Waals surface area contributed by atoms with E-state index in [-0.39, 0.29) is 0 Å². The molecule has 0 amide bonds. The maximum Gasteiger partial charge on any atom is 0.0345 e. The minimum atomic E-state index is 0.576. The number of nitrogens with two attached hydrogens (primary N) is 1. The van der Waals surface area contributed by atoms with Crippen LogP contribution in [0.25, 0.3) is 10.4 Å². The molecule has 84 valence electrons. The predicted octanol–water partition coefficient (Wildman–Crippen LogP) is 3.87. The van der Waals surface area contributed by atoms with E-state index in [2.05, 4.69) is 49.4 Å². The fourth-order valence-electron chi connectivity index (χ4n) is 1.77. The van der Waals surface area contributed by atoms with Crippen molar-refractivity contribution in [2.75, 3.05) is 6.54 Å². The molecule has 0 aliphatic carbocycles. The molecule has 2 aromatic rings. The highest BCUT2D eigenvalue weighted by molar-refractivity contribution is 7.15. The van der Waals surface area contributed by atoms with Gasteiger partial charge in [0.15, 0.2) is 0 Å². The zero-order chi connectivity index (χ0) is 11.4. The molecule has 1 heterocycles. The summed E-state index contributed by atoms with van der Waals surface area (Å²) in [4.78, 5) is 2.78. The normalized spacial score (nSPS) is 12.6. The predicted molar refractivity (Wildman–Crippen MR) is 71.8 cm³/mol. The Morgan fingerprint density at radius 3 is 2.56 bits per heavy atom. The third-order valence-corrected chi connectivity index (χ3v) is 4.14. The van der Waals surface area contributed by atoms with Gasteiger partial charge in [0.25, 0.3) is 0 Å². The van der Waals surface area contributed by atoms with Crippen molar-refractivity contribution in [3.05, 3.63) is 47.3 Å². The lowest BCUT2D eigenvalue weighted by atomic mass is 10.1. The highest BCUT2D eigenvalue weighted by Crippen LogP contribution is 2.32. The van der Waals surface area contributed by atoms with E-state index in [4.69, 9.17) is 5.73 Å². The van der Waals surface area contributed by atoms with Gasteiger partial charge in [-0.1, -0.05) is 37.3 Å². The second-order valence-electron chi connectivity index (χ2n) is 4.05. The van der Waals surface area contributed by atoms with Crippen LogP contribution in [0.1, 0.15) is 24.1 Å². The minimum absolute atomic E-state index is 0.576. The van der Waals surface area contributed by atoms with Crippen molar-refractivity contribution in [1.29, 1.82) is 0 Å². The molecule has 16 heavy (non-hydrogen) atoms. The third kappa shape index (κ3) is 2.52. The maximum atomic E-state index is 5.59. The van der Waals surface area contributed by atoms with Crippen LogP contribution in [0, 0.1) is 0 Å². The number of rotatable bonds is 4. The highest BCUT2D eigenvalue weighted by atomic mass is 32.1. The first-order valence-electron chi connectivity index (χ1n) is 5.66. The van der Waals surface area contributed by atoms with Gasteiger partial charge in [-0.2, -0.15) is 0 Å². The minimum Gasteiger partial charge on any atom is -0.330 e. The second-order valence-corrected chi connectivity index (χ2v) is 5.16. The molecule has 0 bridgehead atoms. The summed E-state index contributed by atoms with van der Waals surface area (Å²) in [7, 11) is 0. The lowest BCUT2D eigenvalue weighted by Gasteiger charge is -2.05. The lowest BCUT2D eigenvalue weighted by molar-refractivity contribution is 0.701. The van der Waals surface area contributed by atoms with Gasteiger partial charge in [0.1, 0.15) is 0 Å². The number of thiophene rings is 1. The monoisotopic (exact) mass is 231 g/mol. The smallest absolute Gasteiger partial charge is 0.0345 e. The quantitative estimate of drug-likeness (QED) is 0.849. The average molecular weight is 231 g/mol. The van der Waals surface area contributed by atoms with Crippen LogP contribution in [0.3, 0.4) is 0 Å². The number of hydrogen-bond acceptors (Lipinski definition) is 2. The van der Waals surface area contributed by atoms with Gasteiger partial charge in [-0.25, -0.2) is 0 Å². The van der Waals surface area contributed by atoms with Crippen molar-refractivity contribution in [2.45, 2.75) is 19.3 Å². The summed E-state index contributed by atoms with van der Waals surface area (Å²) in [5.74, 6) is 0.576. The van der Waals surface area contributed by atoms with Crippen LogP contribution in [-0.4, -0.2) is 6.54 Å². The van der Waals surface area contributed by atoms with Crippen molar-refractivity contribution >= 4 is 11.3 Å². The summed E-state index contributed by atoms with van der Waals surface area (Å²) in [5, 5.41) is 0. The van der Waals surface area contributed by atoms with E-state index in [1.165, 1.54) is 15.3 Å². The molecular formula is C14H17NS. The Hall–Kier alpha value is -1.12. The molecule has 0 aliphatic rings. The molecule has 0 spiro atoms. The van der Waals surface area contributed by atoms with E-state index in [1.807, 2.05) is 11.3 Å². The molecular weight excluding hydrogens is 214 g/mol. The van der Waals surface area contributed by atoms with Crippen molar-refractivity contribution in [1.82, 2.24) is 0 Å². The molecule has 2 rings (SSSR count). The molecule has 1 aromatic heterocycles.